The molecule has 0 aromatic carbocycles. The summed E-state index contributed by atoms with van der Waals surface area (Å²) in [5.41, 5.74) is 1.14. The third-order valence-electron chi connectivity index (χ3n) is 3.72. The van der Waals surface area contributed by atoms with E-state index in [1.165, 1.54) is 0 Å². The first-order valence-corrected chi connectivity index (χ1v) is 8.30. The third-order valence-corrected chi connectivity index (χ3v) is 3.72. The molecule has 0 radical (unpaired) electrons. The maximum absolute atomic E-state index is 12.4. The highest BCUT2D eigenvalue weighted by molar-refractivity contribution is 5.82. The van der Waals surface area contributed by atoms with Crippen LogP contribution in [0.15, 0.2) is 11.6 Å². The minimum absolute atomic E-state index is 0.261. The normalized spacial score (nSPS) is 22.2. The molecule has 0 aromatic rings. The molecule has 0 N–H and O–H groups in total. The van der Waals surface area contributed by atoms with Crippen LogP contribution >= 0.6 is 0 Å². The second kappa shape index (κ2) is 8.96. The summed E-state index contributed by atoms with van der Waals surface area (Å²) in [5, 5.41) is 0. The number of rotatable bonds is 6. The van der Waals surface area contributed by atoms with Gasteiger partial charge in [0.2, 0.25) is 0 Å². The minimum atomic E-state index is -0.419. The van der Waals surface area contributed by atoms with Crippen LogP contribution in [0.2, 0.25) is 0 Å². The quantitative estimate of drug-likeness (QED) is 0.554. The second-order valence-corrected chi connectivity index (χ2v) is 7.09. The van der Waals surface area contributed by atoms with E-state index in [4.69, 9.17) is 9.47 Å². The van der Waals surface area contributed by atoms with Crippen LogP contribution in [0.5, 0.6) is 0 Å². The summed E-state index contributed by atoms with van der Waals surface area (Å²) in [4.78, 5) is 24.8. The van der Waals surface area contributed by atoms with Gasteiger partial charge < -0.3 is 9.47 Å². The summed E-state index contributed by atoms with van der Waals surface area (Å²) in [6.07, 6.45) is 4.15. The van der Waals surface area contributed by atoms with Crippen LogP contribution < -0.4 is 0 Å². The molecule has 1 aliphatic carbocycles. The van der Waals surface area contributed by atoms with Crippen molar-refractivity contribution in [2.24, 2.45) is 23.7 Å². The molecule has 0 bridgehead atoms. The molecule has 0 fully saturated rings. The number of carbonyl (C=O) groups is 2. The van der Waals surface area contributed by atoms with Gasteiger partial charge in [0.25, 0.3) is 0 Å². The number of allylic oxidation sites excluding steroid dienone is 2. The van der Waals surface area contributed by atoms with Crippen LogP contribution in [0, 0.1) is 23.7 Å². The van der Waals surface area contributed by atoms with Crippen molar-refractivity contribution in [1.29, 1.82) is 0 Å². The summed E-state index contributed by atoms with van der Waals surface area (Å²) in [6, 6.07) is 0. The zero-order valence-electron chi connectivity index (χ0n) is 14.6. The van der Waals surface area contributed by atoms with Crippen molar-refractivity contribution in [1.82, 2.24) is 0 Å². The maximum Gasteiger partial charge on any atom is 0.310 e. The lowest BCUT2D eigenvalue weighted by Crippen LogP contribution is -2.33. The van der Waals surface area contributed by atoms with E-state index in [9.17, 15) is 9.59 Å². The van der Waals surface area contributed by atoms with Crippen LogP contribution in [-0.2, 0) is 19.1 Å². The number of ether oxygens (including phenoxy) is 2. The Kier molecular flexibility index (Phi) is 7.63. The zero-order chi connectivity index (χ0) is 16.7. The molecular weight excluding hydrogens is 280 g/mol. The van der Waals surface area contributed by atoms with E-state index in [1.807, 2.05) is 34.6 Å². The molecule has 2 unspecified atom stereocenters. The van der Waals surface area contributed by atoms with Gasteiger partial charge in [0, 0.05) is 0 Å². The Balaban J connectivity index is 2.76. The second-order valence-electron chi connectivity index (χ2n) is 7.09. The Labute approximate surface area is 134 Å². The standard InChI is InChI=1S/C18H30O4/c1-12(2)10-21-17(19)15-8-6-7-14(5)9-16(15)18(20)22-11-13(3)4/h7,12-13,15-16H,6,8-11H2,1-5H3. The van der Waals surface area contributed by atoms with Crippen LogP contribution in [0.4, 0.5) is 0 Å². The topological polar surface area (TPSA) is 52.6 Å². The van der Waals surface area contributed by atoms with E-state index >= 15 is 0 Å². The highest BCUT2D eigenvalue weighted by Gasteiger charge is 2.37. The van der Waals surface area contributed by atoms with Crippen LogP contribution in [0.3, 0.4) is 0 Å². The number of hydrogen-bond donors (Lipinski definition) is 0. The molecule has 0 saturated heterocycles. The molecule has 126 valence electrons. The van der Waals surface area contributed by atoms with Crippen molar-refractivity contribution in [2.45, 2.75) is 53.9 Å². The molecule has 0 saturated carbocycles. The molecule has 0 heterocycles. The molecule has 4 nitrogen and oxygen atoms in total. The number of esters is 2. The SMILES string of the molecule is CC1=CCCC(C(=O)OCC(C)C)C(C(=O)OCC(C)C)C1. The molecule has 0 spiro atoms. The fraction of sp³-hybridized carbons (Fsp3) is 0.778. The molecule has 1 aliphatic rings. The Bertz CT molecular complexity index is 409. The van der Waals surface area contributed by atoms with Gasteiger partial charge >= 0.3 is 11.9 Å². The third kappa shape index (κ3) is 6.20. The van der Waals surface area contributed by atoms with E-state index in [-0.39, 0.29) is 17.9 Å². The predicted octanol–water partition coefficient (Wildman–Crippen LogP) is 3.75. The summed E-state index contributed by atoms with van der Waals surface area (Å²) in [5.74, 6) is -0.763. The minimum Gasteiger partial charge on any atom is -0.465 e. The van der Waals surface area contributed by atoms with Gasteiger partial charge in [-0.05, 0) is 38.0 Å². The van der Waals surface area contributed by atoms with E-state index in [1.54, 1.807) is 0 Å². The van der Waals surface area contributed by atoms with Crippen LogP contribution in [0.1, 0.15) is 53.9 Å². The van der Waals surface area contributed by atoms with Crippen molar-refractivity contribution in [3.63, 3.8) is 0 Å². The van der Waals surface area contributed by atoms with Crippen LogP contribution in [-0.4, -0.2) is 25.2 Å². The van der Waals surface area contributed by atoms with E-state index in [0.29, 0.717) is 32.0 Å². The molecule has 0 amide bonds. The highest BCUT2D eigenvalue weighted by atomic mass is 16.5. The maximum atomic E-state index is 12.4. The highest BCUT2D eigenvalue weighted by Crippen LogP contribution is 2.31. The van der Waals surface area contributed by atoms with Crippen molar-refractivity contribution in [3.8, 4) is 0 Å². The zero-order valence-corrected chi connectivity index (χ0v) is 14.6. The van der Waals surface area contributed by atoms with Gasteiger partial charge in [-0.1, -0.05) is 39.3 Å². The lowest BCUT2D eigenvalue weighted by atomic mass is 9.86. The molecular formula is C18H30O4. The monoisotopic (exact) mass is 310 g/mol. The fourth-order valence-electron chi connectivity index (χ4n) is 2.52. The summed E-state index contributed by atoms with van der Waals surface area (Å²) >= 11 is 0. The summed E-state index contributed by atoms with van der Waals surface area (Å²) in [6.45, 7) is 10.8. The lowest BCUT2D eigenvalue weighted by molar-refractivity contribution is -0.162. The lowest BCUT2D eigenvalue weighted by Gasteiger charge is -2.23. The summed E-state index contributed by atoms with van der Waals surface area (Å²) in [7, 11) is 0. The first-order chi connectivity index (χ1) is 10.3. The van der Waals surface area contributed by atoms with Crippen molar-refractivity contribution in [2.75, 3.05) is 13.2 Å². The van der Waals surface area contributed by atoms with Gasteiger partial charge in [-0.25, -0.2) is 0 Å². The average molecular weight is 310 g/mol. The Morgan fingerprint density at radius 1 is 1.05 bits per heavy atom. The van der Waals surface area contributed by atoms with E-state index in [0.717, 1.165) is 12.0 Å². The fourth-order valence-corrected chi connectivity index (χ4v) is 2.52. The molecule has 4 heteroatoms. The Morgan fingerprint density at radius 2 is 1.55 bits per heavy atom. The Morgan fingerprint density at radius 3 is 2.05 bits per heavy atom. The smallest absolute Gasteiger partial charge is 0.310 e. The molecule has 1 rings (SSSR count). The predicted molar refractivity (Wildman–Crippen MR) is 86.2 cm³/mol. The van der Waals surface area contributed by atoms with Gasteiger partial charge in [0.1, 0.15) is 0 Å². The summed E-state index contributed by atoms with van der Waals surface area (Å²) < 4.78 is 10.7. The van der Waals surface area contributed by atoms with E-state index in [2.05, 4.69) is 6.08 Å². The first kappa shape index (κ1) is 18.7. The average Bonchev–Trinajstić information content (AvgIpc) is 2.63. The van der Waals surface area contributed by atoms with Gasteiger partial charge in [-0.3, -0.25) is 9.59 Å². The van der Waals surface area contributed by atoms with Gasteiger partial charge in [0.15, 0.2) is 0 Å². The van der Waals surface area contributed by atoms with Crippen molar-refractivity contribution in [3.05, 3.63) is 11.6 Å². The number of hydrogen-bond acceptors (Lipinski definition) is 4. The number of carbonyl (C=O) groups excluding carboxylic acids is 2. The van der Waals surface area contributed by atoms with Gasteiger partial charge in [-0.2, -0.15) is 0 Å². The van der Waals surface area contributed by atoms with Gasteiger partial charge in [-0.15, -0.1) is 0 Å². The molecule has 2 atom stereocenters. The van der Waals surface area contributed by atoms with E-state index < -0.39 is 11.8 Å². The van der Waals surface area contributed by atoms with Gasteiger partial charge in [0.05, 0.1) is 25.0 Å². The largest absolute Gasteiger partial charge is 0.465 e. The first-order valence-electron chi connectivity index (χ1n) is 8.30. The molecule has 0 aromatic heterocycles. The Hall–Kier alpha value is -1.32. The van der Waals surface area contributed by atoms with Crippen molar-refractivity contribution >= 4 is 11.9 Å². The van der Waals surface area contributed by atoms with Crippen LogP contribution in [0.25, 0.3) is 0 Å². The molecule has 0 aliphatic heterocycles. The molecule has 22 heavy (non-hydrogen) atoms. The van der Waals surface area contributed by atoms with Crippen molar-refractivity contribution < 1.29 is 19.1 Å².